The van der Waals surface area contributed by atoms with Crippen molar-refractivity contribution in [2.24, 2.45) is 0 Å². The van der Waals surface area contributed by atoms with Gasteiger partial charge in [-0.05, 0) is 105 Å². The molecule has 2 atom stereocenters. The third-order valence-corrected chi connectivity index (χ3v) is 7.30. The van der Waals surface area contributed by atoms with E-state index in [-0.39, 0.29) is 12.1 Å². The number of rotatable bonds is 4. The molecular formula is C29H30N4S. The van der Waals surface area contributed by atoms with E-state index in [2.05, 4.69) is 104 Å². The van der Waals surface area contributed by atoms with E-state index in [0.29, 0.717) is 0 Å². The Bertz CT molecular complexity index is 1370. The van der Waals surface area contributed by atoms with Gasteiger partial charge in [0.2, 0.25) is 0 Å². The van der Waals surface area contributed by atoms with Gasteiger partial charge in [-0.15, -0.1) is 0 Å². The minimum Gasteiger partial charge on any atom is -0.351 e. The molecule has 1 N–H and O–H groups in total. The molecule has 1 saturated heterocycles. The summed E-state index contributed by atoms with van der Waals surface area (Å²) in [5, 5.41) is 4.31. The Morgan fingerprint density at radius 1 is 0.882 bits per heavy atom. The lowest BCUT2D eigenvalue weighted by molar-refractivity contribution is 0.565. The molecule has 5 rings (SSSR count). The lowest BCUT2D eigenvalue weighted by atomic mass is 9.96. The second kappa shape index (κ2) is 8.73. The minimum atomic E-state index is -0.0539. The largest absolute Gasteiger partial charge is 0.351 e. The monoisotopic (exact) mass is 466 g/mol. The fourth-order valence-electron chi connectivity index (χ4n) is 5.16. The minimum absolute atomic E-state index is 0.0192. The standard InChI is InChI=1S/C29H30N4S/c1-18-10-8-12-23(16-18)33-28(27(31-29(33)34)25-13-6-7-15-30-25)24-17-20(3)32(22(24)5)26-14-9-11-19(2)21(26)4/h6-17,27-28H,1-5H3,(H,31,34)/t27-,28-/m0/s1. The maximum absolute atomic E-state index is 5.91. The molecule has 4 nitrogen and oxygen atoms in total. The summed E-state index contributed by atoms with van der Waals surface area (Å²) in [6.07, 6.45) is 1.85. The number of aryl methyl sites for hydroxylation is 3. The van der Waals surface area contributed by atoms with Crippen molar-refractivity contribution in [3.8, 4) is 5.69 Å². The zero-order chi connectivity index (χ0) is 24.0. The molecule has 5 heteroatoms. The summed E-state index contributed by atoms with van der Waals surface area (Å²) in [6, 6.07) is 23.4. The number of aromatic nitrogens is 2. The number of nitrogens with zero attached hydrogens (tertiary/aromatic N) is 3. The van der Waals surface area contributed by atoms with E-state index in [1.807, 2.05) is 18.3 Å². The first-order chi connectivity index (χ1) is 16.4. The smallest absolute Gasteiger partial charge is 0.174 e. The van der Waals surface area contributed by atoms with Crippen LogP contribution in [0, 0.1) is 34.6 Å². The number of benzene rings is 2. The number of anilines is 1. The normalized spacial score (nSPS) is 17.8. The van der Waals surface area contributed by atoms with Gasteiger partial charge in [-0.2, -0.15) is 0 Å². The lowest BCUT2D eigenvalue weighted by Crippen LogP contribution is -2.29. The van der Waals surface area contributed by atoms with Gasteiger partial charge in [0.1, 0.15) is 0 Å². The molecule has 3 heterocycles. The third-order valence-electron chi connectivity index (χ3n) is 6.98. The molecule has 0 saturated carbocycles. The molecule has 0 unspecified atom stereocenters. The van der Waals surface area contributed by atoms with Crippen LogP contribution in [0.15, 0.2) is 72.9 Å². The van der Waals surface area contributed by atoms with Crippen molar-refractivity contribution in [1.29, 1.82) is 0 Å². The first-order valence-electron chi connectivity index (χ1n) is 11.7. The lowest BCUT2D eigenvalue weighted by Gasteiger charge is -2.28. The van der Waals surface area contributed by atoms with Gasteiger partial charge in [-0.1, -0.05) is 30.3 Å². The quantitative estimate of drug-likeness (QED) is 0.344. The van der Waals surface area contributed by atoms with E-state index in [9.17, 15) is 0 Å². The Balaban J connectivity index is 1.71. The van der Waals surface area contributed by atoms with Crippen molar-refractivity contribution in [2.75, 3.05) is 4.90 Å². The van der Waals surface area contributed by atoms with Crippen LogP contribution >= 0.6 is 12.2 Å². The molecule has 0 spiro atoms. The predicted octanol–water partition coefficient (Wildman–Crippen LogP) is 6.59. The van der Waals surface area contributed by atoms with Gasteiger partial charge in [0.05, 0.1) is 17.8 Å². The van der Waals surface area contributed by atoms with Crippen LogP contribution in [0.2, 0.25) is 0 Å². The van der Waals surface area contributed by atoms with Crippen LogP contribution in [0.5, 0.6) is 0 Å². The number of nitrogens with one attached hydrogen (secondary N) is 1. The van der Waals surface area contributed by atoms with E-state index in [4.69, 9.17) is 17.2 Å². The molecule has 0 aliphatic carbocycles. The molecule has 1 aliphatic heterocycles. The highest BCUT2D eigenvalue weighted by Crippen LogP contribution is 2.44. The van der Waals surface area contributed by atoms with Crippen molar-refractivity contribution < 1.29 is 0 Å². The molecule has 2 aromatic heterocycles. The van der Waals surface area contributed by atoms with E-state index in [1.165, 1.54) is 39.3 Å². The van der Waals surface area contributed by atoms with Crippen LogP contribution in [0.25, 0.3) is 5.69 Å². The Morgan fingerprint density at radius 2 is 1.68 bits per heavy atom. The van der Waals surface area contributed by atoms with E-state index >= 15 is 0 Å². The highest BCUT2D eigenvalue weighted by molar-refractivity contribution is 7.80. The summed E-state index contributed by atoms with van der Waals surface area (Å²) >= 11 is 5.91. The van der Waals surface area contributed by atoms with Crippen LogP contribution < -0.4 is 10.2 Å². The van der Waals surface area contributed by atoms with Crippen molar-refractivity contribution >= 4 is 23.0 Å². The Morgan fingerprint density at radius 3 is 2.41 bits per heavy atom. The Labute approximate surface area is 207 Å². The maximum Gasteiger partial charge on any atom is 0.174 e. The summed E-state index contributed by atoms with van der Waals surface area (Å²) in [6.45, 7) is 10.9. The average Bonchev–Trinajstić information content (AvgIpc) is 3.32. The summed E-state index contributed by atoms with van der Waals surface area (Å²) in [5.74, 6) is 0. The molecule has 172 valence electrons. The molecule has 1 fully saturated rings. The topological polar surface area (TPSA) is 33.1 Å². The van der Waals surface area contributed by atoms with Gasteiger partial charge in [0.15, 0.2) is 5.11 Å². The van der Waals surface area contributed by atoms with E-state index in [1.54, 1.807) is 0 Å². The van der Waals surface area contributed by atoms with Crippen molar-refractivity contribution in [2.45, 2.75) is 46.7 Å². The second-order valence-electron chi connectivity index (χ2n) is 9.22. The third kappa shape index (κ3) is 3.70. The molecule has 0 amide bonds. The summed E-state index contributed by atoms with van der Waals surface area (Å²) in [7, 11) is 0. The number of hydrogen-bond donors (Lipinski definition) is 1. The number of pyridine rings is 1. The molecule has 1 aliphatic rings. The van der Waals surface area contributed by atoms with Gasteiger partial charge >= 0.3 is 0 Å². The second-order valence-corrected chi connectivity index (χ2v) is 9.60. The van der Waals surface area contributed by atoms with Crippen LogP contribution in [0.3, 0.4) is 0 Å². The van der Waals surface area contributed by atoms with Gasteiger partial charge in [-0.25, -0.2) is 0 Å². The molecule has 2 aromatic carbocycles. The van der Waals surface area contributed by atoms with Gasteiger partial charge in [0.25, 0.3) is 0 Å². The van der Waals surface area contributed by atoms with E-state index in [0.717, 1.165) is 16.5 Å². The van der Waals surface area contributed by atoms with Crippen molar-refractivity contribution in [3.63, 3.8) is 0 Å². The molecule has 0 bridgehead atoms. The van der Waals surface area contributed by atoms with Gasteiger partial charge in [-0.3, -0.25) is 4.98 Å². The predicted molar refractivity (Wildman–Crippen MR) is 144 cm³/mol. The van der Waals surface area contributed by atoms with Crippen molar-refractivity contribution in [3.05, 3.63) is 112 Å². The van der Waals surface area contributed by atoms with Crippen LogP contribution in [-0.4, -0.2) is 14.7 Å². The molecule has 4 aromatic rings. The fraction of sp³-hybridized carbons (Fsp3) is 0.241. The first kappa shape index (κ1) is 22.4. The highest BCUT2D eigenvalue weighted by atomic mass is 32.1. The van der Waals surface area contributed by atoms with Crippen molar-refractivity contribution in [1.82, 2.24) is 14.9 Å². The highest BCUT2D eigenvalue weighted by Gasteiger charge is 2.42. The van der Waals surface area contributed by atoms with Crippen LogP contribution in [-0.2, 0) is 0 Å². The number of hydrogen-bond acceptors (Lipinski definition) is 2. The molecule has 34 heavy (non-hydrogen) atoms. The first-order valence-corrected chi connectivity index (χ1v) is 12.1. The van der Waals surface area contributed by atoms with Crippen LogP contribution in [0.4, 0.5) is 5.69 Å². The maximum atomic E-state index is 5.91. The summed E-state index contributed by atoms with van der Waals surface area (Å²) in [5.41, 5.74) is 10.8. The zero-order valence-corrected chi connectivity index (χ0v) is 21.1. The summed E-state index contributed by atoms with van der Waals surface area (Å²) in [4.78, 5) is 6.96. The SMILES string of the molecule is Cc1cccc(N2C(=S)N[C@@H](c3ccccn3)[C@@H]2c2cc(C)n(-c3cccc(C)c3C)c2C)c1. The van der Waals surface area contributed by atoms with Gasteiger partial charge < -0.3 is 14.8 Å². The zero-order valence-electron chi connectivity index (χ0n) is 20.3. The summed E-state index contributed by atoms with van der Waals surface area (Å²) < 4.78 is 2.38. The van der Waals surface area contributed by atoms with Gasteiger partial charge in [0, 0.05) is 29.0 Å². The van der Waals surface area contributed by atoms with E-state index < -0.39 is 0 Å². The Kier molecular flexibility index (Phi) is 5.74. The fourth-order valence-corrected chi connectivity index (χ4v) is 5.51. The average molecular weight is 467 g/mol. The Hall–Kier alpha value is -3.44. The molecule has 0 radical (unpaired) electrons. The molecular weight excluding hydrogens is 436 g/mol. The van der Waals surface area contributed by atoms with Crippen LogP contribution in [0.1, 0.15) is 51.4 Å². The number of thiocarbonyl (C=S) groups is 1.